The van der Waals surface area contributed by atoms with Crippen LogP contribution in [0.1, 0.15) is 6.92 Å². The maximum Gasteiger partial charge on any atom is 0.128 e. The van der Waals surface area contributed by atoms with Gasteiger partial charge in [-0.2, -0.15) is 11.8 Å². The summed E-state index contributed by atoms with van der Waals surface area (Å²) in [5.41, 5.74) is 0. The van der Waals surface area contributed by atoms with E-state index in [0.29, 0.717) is 5.25 Å². The molecule has 0 spiro atoms. The summed E-state index contributed by atoms with van der Waals surface area (Å²) in [7, 11) is 0. The van der Waals surface area contributed by atoms with Crippen LogP contribution in [0.5, 0.6) is 0 Å². The summed E-state index contributed by atoms with van der Waals surface area (Å²) in [5.74, 6) is 2.30. The van der Waals surface area contributed by atoms with Crippen LogP contribution in [0.2, 0.25) is 0 Å². The first-order valence-electron chi connectivity index (χ1n) is 4.74. The first-order valence-corrected chi connectivity index (χ1v) is 6.58. The van der Waals surface area contributed by atoms with Crippen molar-refractivity contribution >= 4 is 33.5 Å². The lowest BCUT2D eigenvalue weighted by molar-refractivity contribution is 0.770. The van der Waals surface area contributed by atoms with Crippen LogP contribution in [-0.2, 0) is 0 Å². The SMILES string of the molecule is C[C@H]1CN(c2ccc(Br)cn2)CCS1. The number of pyridine rings is 1. The first-order chi connectivity index (χ1) is 6.75. The molecule has 0 unspecified atom stereocenters. The van der Waals surface area contributed by atoms with Gasteiger partial charge in [0.1, 0.15) is 5.82 Å². The predicted octanol–water partition coefficient (Wildman–Crippen LogP) is 2.79. The van der Waals surface area contributed by atoms with E-state index in [2.05, 4.69) is 44.9 Å². The first kappa shape index (κ1) is 10.3. The van der Waals surface area contributed by atoms with Gasteiger partial charge in [-0.25, -0.2) is 4.98 Å². The van der Waals surface area contributed by atoms with Crippen molar-refractivity contribution in [2.45, 2.75) is 12.2 Å². The van der Waals surface area contributed by atoms with Crippen LogP contribution in [0.15, 0.2) is 22.8 Å². The van der Waals surface area contributed by atoms with Crippen LogP contribution < -0.4 is 4.90 Å². The third-order valence-corrected chi connectivity index (χ3v) is 3.88. The second kappa shape index (κ2) is 4.53. The van der Waals surface area contributed by atoms with Crippen molar-refractivity contribution < 1.29 is 0 Å². The number of halogens is 1. The summed E-state index contributed by atoms with van der Waals surface area (Å²) < 4.78 is 1.04. The molecule has 1 aliphatic heterocycles. The molecule has 1 aromatic rings. The van der Waals surface area contributed by atoms with Crippen LogP contribution in [0.4, 0.5) is 5.82 Å². The highest BCUT2D eigenvalue weighted by molar-refractivity contribution is 9.10. The molecule has 76 valence electrons. The summed E-state index contributed by atoms with van der Waals surface area (Å²) in [6, 6.07) is 4.13. The Morgan fingerprint density at radius 3 is 3.07 bits per heavy atom. The van der Waals surface area contributed by atoms with Gasteiger partial charge in [0.15, 0.2) is 0 Å². The van der Waals surface area contributed by atoms with Crippen LogP contribution in [-0.4, -0.2) is 29.1 Å². The molecule has 1 fully saturated rings. The molecule has 2 nitrogen and oxygen atoms in total. The van der Waals surface area contributed by atoms with Crippen molar-refractivity contribution in [1.29, 1.82) is 0 Å². The number of nitrogens with zero attached hydrogens (tertiary/aromatic N) is 2. The minimum Gasteiger partial charge on any atom is -0.355 e. The van der Waals surface area contributed by atoms with Crippen LogP contribution >= 0.6 is 27.7 Å². The second-order valence-corrected chi connectivity index (χ2v) is 5.92. The van der Waals surface area contributed by atoms with Crippen molar-refractivity contribution in [1.82, 2.24) is 4.98 Å². The van der Waals surface area contributed by atoms with E-state index in [4.69, 9.17) is 0 Å². The fraction of sp³-hybridized carbons (Fsp3) is 0.500. The van der Waals surface area contributed by atoms with Gasteiger partial charge in [0, 0.05) is 34.8 Å². The van der Waals surface area contributed by atoms with Gasteiger partial charge in [0.05, 0.1) is 0 Å². The molecular formula is C10H13BrN2S. The Morgan fingerprint density at radius 1 is 1.57 bits per heavy atom. The van der Waals surface area contributed by atoms with Crippen LogP contribution in [0, 0.1) is 0 Å². The zero-order valence-electron chi connectivity index (χ0n) is 8.11. The number of anilines is 1. The molecule has 2 rings (SSSR count). The van der Waals surface area contributed by atoms with Gasteiger partial charge in [-0.05, 0) is 28.1 Å². The molecule has 0 radical (unpaired) electrons. The normalized spacial score (nSPS) is 22.4. The molecular weight excluding hydrogens is 260 g/mol. The predicted molar refractivity (Wildman–Crippen MR) is 66.1 cm³/mol. The summed E-state index contributed by atoms with van der Waals surface area (Å²) in [6.45, 7) is 4.50. The molecule has 2 heterocycles. The molecule has 14 heavy (non-hydrogen) atoms. The maximum absolute atomic E-state index is 4.41. The Bertz CT molecular complexity index is 301. The summed E-state index contributed by atoms with van der Waals surface area (Å²) in [4.78, 5) is 6.76. The molecule has 1 atom stereocenters. The Kier molecular flexibility index (Phi) is 3.34. The van der Waals surface area contributed by atoms with E-state index in [9.17, 15) is 0 Å². The third-order valence-electron chi connectivity index (χ3n) is 2.28. The van der Waals surface area contributed by atoms with Gasteiger partial charge < -0.3 is 4.90 Å². The maximum atomic E-state index is 4.41. The number of hydrogen-bond donors (Lipinski definition) is 0. The highest BCUT2D eigenvalue weighted by Gasteiger charge is 2.17. The van der Waals surface area contributed by atoms with Gasteiger partial charge in [-0.3, -0.25) is 0 Å². The standard InChI is InChI=1S/C10H13BrN2S/c1-8-7-13(4-5-14-8)10-3-2-9(11)6-12-10/h2-3,6,8H,4-5,7H2,1H3/t8-/m0/s1. The van der Waals surface area contributed by atoms with Gasteiger partial charge >= 0.3 is 0 Å². The molecule has 1 saturated heterocycles. The van der Waals surface area contributed by atoms with Crippen molar-refractivity contribution in [3.05, 3.63) is 22.8 Å². The van der Waals surface area contributed by atoms with E-state index in [-0.39, 0.29) is 0 Å². The second-order valence-electron chi connectivity index (χ2n) is 3.46. The highest BCUT2D eigenvalue weighted by Crippen LogP contribution is 2.22. The molecule has 1 aromatic heterocycles. The monoisotopic (exact) mass is 272 g/mol. The topological polar surface area (TPSA) is 16.1 Å². The van der Waals surface area contributed by atoms with Gasteiger partial charge in [-0.1, -0.05) is 6.92 Å². The molecule has 4 heteroatoms. The fourth-order valence-corrected chi connectivity index (χ4v) is 2.83. The number of thioether (sulfide) groups is 1. The number of aromatic nitrogens is 1. The lowest BCUT2D eigenvalue weighted by Gasteiger charge is -2.31. The highest BCUT2D eigenvalue weighted by atomic mass is 79.9. The lowest BCUT2D eigenvalue weighted by Crippen LogP contribution is -2.37. The van der Waals surface area contributed by atoms with E-state index in [1.807, 2.05) is 18.0 Å². The van der Waals surface area contributed by atoms with Crippen molar-refractivity contribution in [3.8, 4) is 0 Å². The Balaban J connectivity index is 2.10. The van der Waals surface area contributed by atoms with E-state index in [1.54, 1.807) is 0 Å². The van der Waals surface area contributed by atoms with E-state index >= 15 is 0 Å². The molecule has 0 aromatic carbocycles. The molecule has 0 amide bonds. The minimum absolute atomic E-state index is 0.717. The zero-order valence-corrected chi connectivity index (χ0v) is 10.5. The Morgan fingerprint density at radius 2 is 2.43 bits per heavy atom. The van der Waals surface area contributed by atoms with Crippen molar-refractivity contribution in [3.63, 3.8) is 0 Å². The summed E-state index contributed by atoms with van der Waals surface area (Å²) >= 11 is 5.44. The van der Waals surface area contributed by atoms with Gasteiger partial charge in [0.25, 0.3) is 0 Å². The Labute approximate surface area is 97.2 Å². The van der Waals surface area contributed by atoms with Crippen molar-refractivity contribution in [2.75, 3.05) is 23.7 Å². The summed E-state index contributed by atoms with van der Waals surface area (Å²) in [5, 5.41) is 0.717. The third kappa shape index (κ3) is 2.42. The zero-order chi connectivity index (χ0) is 9.97. The molecule has 0 N–H and O–H groups in total. The largest absolute Gasteiger partial charge is 0.355 e. The van der Waals surface area contributed by atoms with Gasteiger partial charge in [-0.15, -0.1) is 0 Å². The molecule has 1 aliphatic rings. The van der Waals surface area contributed by atoms with Crippen LogP contribution in [0.25, 0.3) is 0 Å². The van der Waals surface area contributed by atoms with E-state index in [0.717, 1.165) is 23.4 Å². The average Bonchev–Trinajstić information content (AvgIpc) is 2.19. The van der Waals surface area contributed by atoms with E-state index < -0.39 is 0 Å². The van der Waals surface area contributed by atoms with Crippen LogP contribution in [0.3, 0.4) is 0 Å². The van der Waals surface area contributed by atoms with Crippen molar-refractivity contribution in [2.24, 2.45) is 0 Å². The quantitative estimate of drug-likeness (QED) is 0.782. The molecule has 0 aliphatic carbocycles. The van der Waals surface area contributed by atoms with E-state index in [1.165, 1.54) is 5.75 Å². The lowest BCUT2D eigenvalue weighted by atomic mass is 10.3. The number of hydrogen-bond acceptors (Lipinski definition) is 3. The molecule has 0 saturated carbocycles. The summed E-state index contributed by atoms with van der Waals surface area (Å²) in [6.07, 6.45) is 1.86. The minimum atomic E-state index is 0.717. The average molecular weight is 273 g/mol. The molecule has 0 bridgehead atoms. The number of rotatable bonds is 1. The smallest absolute Gasteiger partial charge is 0.128 e. The fourth-order valence-electron chi connectivity index (χ4n) is 1.58. The Hall–Kier alpha value is -0.220. The van der Waals surface area contributed by atoms with Gasteiger partial charge in [0.2, 0.25) is 0 Å².